The first kappa shape index (κ1) is 8.60. The Balaban J connectivity index is 2.27. The van der Waals surface area contributed by atoms with Gasteiger partial charge in [0.15, 0.2) is 5.06 Å². The van der Waals surface area contributed by atoms with Crippen molar-refractivity contribution in [3.05, 3.63) is 17.0 Å². The average Bonchev–Trinajstić information content (AvgIpc) is 2.37. The fourth-order valence-corrected chi connectivity index (χ4v) is 1.75. The molecule has 1 N–H and O–H groups in total. The van der Waals surface area contributed by atoms with Gasteiger partial charge in [-0.05, 0) is 29.9 Å². The van der Waals surface area contributed by atoms with E-state index in [0.717, 1.165) is 6.42 Å². The number of unbranched alkanes of at least 4 members (excludes halogenated alkanes) is 2. The van der Waals surface area contributed by atoms with Gasteiger partial charge in [0.25, 0.3) is 0 Å². The Bertz CT molecular complexity index is 205. The zero-order valence-corrected chi connectivity index (χ0v) is 7.66. The van der Waals surface area contributed by atoms with Crippen LogP contribution in [0.3, 0.4) is 0 Å². The third-order valence-electron chi connectivity index (χ3n) is 1.71. The van der Waals surface area contributed by atoms with Crippen molar-refractivity contribution >= 4 is 11.3 Å². The predicted octanol–water partition coefficient (Wildman–Crippen LogP) is 3.19. The fraction of sp³-hybridized carbons (Fsp3) is 0.556. The molecule has 11 heavy (non-hydrogen) atoms. The highest BCUT2D eigenvalue weighted by Gasteiger charge is 1.96. The molecule has 0 bridgehead atoms. The molecular formula is C9H14OS. The number of aryl methyl sites for hydroxylation is 1. The molecule has 1 nitrogen and oxygen atoms in total. The summed E-state index contributed by atoms with van der Waals surface area (Å²) in [5.41, 5.74) is 1.28. The fourth-order valence-electron chi connectivity index (χ4n) is 1.07. The Labute approximate surface area is 71.7 Å². The van der Waals surface area contributed by atoms with E-state index in [-0.39, 0.29) is 0 Å². The van der Waals surface area contributed by atoms with E-state index >= 15 is 0 Å². The van der Waals surface area contributed by atoms with Crippen LogP contribution in [0.15, 0.2) is 11.4 Å². The third-order valence-corrected chi connectivity index (χ3v) is 2.49. The van der Waals surface area contributed by atoms with Crippen LogP contribution in [0.1, 0.15) is 31.7 Å². The van der Waals surface area contributed by atoms with Crippen LogP contribution < -0.4 is 0 Å². The average molecular weight is 170 g/mol. The van der Waals surface area contributed by atoms with Crippen LogP contribution in [0.4, 0.5) is 0 Å². The highest BCUT2D eigenvalue weighted by atomic mass is 32.1. The molecule has 0 saturated heterocycles. The van der Waals surface area contributed by atoms with E-state index in [1.807, 2.05) is 11.4 Å². The molecule has 0 fully saturated rings. The van der Waals surface area contributed by atoms with Crippen LogP contribution in [-0.2, 0) is 6.42 Å². The number of rotatable bonds is 4. The van der Waals surface area contributed by atoms with Gasteiger partial charge in [-0.15, -0.1) is 11.3 Å². The maximum Gasteiger partial charge on any atom is 0.171 e. The van der Waals surface area contributed by atoms with Gasteiger partial charge in [-0.3, -0.25) is 0 Å². The largest absolute Gasteiger partial charge is 0.499 e. The predicted molar refractivity (Wildman–Crippen MR) is 49.2 cm³/mol. The van der Waals surface area contributed by atoms with Crippen LogP contribution in [0, 0.1) is 0 Å². The number of hydrogen-bond acceptors (Lipinski definition) is 2. The minimum atomic E-state index is 0.441. The highest BCUT2D eigenvalue weighted by molar-refractivity contribution is 7.11. The van der Waals surface area contributed by atoms with Crippen molar-refractivity contribution in [3.63, 3.8) is 0 Å². The van der Waals surface area contributed by atoms with Crippen LogP contribution >= 0.6 is 11.3 Å². The molecule has 0 unspecified atom stereocenters. The van der Waals surface area contributed by atoms with Crippen molar-refractivity contribution in [2.24, 2.45) is 0 Å². The van der Waals surface area contributed by atoms with Crippen LogP contribution in [-0.4, -0.2) is 5.11 Å². The lowest BCUT2D eigenvalue weighted by atomic mass is 10.1. The summed E-state index contributed by atoms with van der Waals surface area (Å²) in [5.74, 6) is 0. The van der Waals surface area contributed by atoms with Gasteiger partial charge in [0, 0.05) is 0 Å². The van der Waals surface area contributed by atoms with E-state index in [4.69, 9.17) is 5.11 Å². The lowest BCUT2D eigenvalue weighted by Crippen LogP contribution is -1.80. The van der Waals surface area contributed by atoms with E-state index in [1.165, 1.54) is 36.2 Å². The lowest BCUT2D eigenvalue weighted by Gasteiger charge is -1.93. The van der Waals surface area contributed by atoms with Gasteiger partial charge in [0.2, 0.25) is 0 Å². The zero-order valence-electron chi connectivity index (χ0n) is 6.84. The molecule has 2 heteroatoms. The van der Waals surface area contributed by atoms with Gasteiger partial charge >= 0.3 is 0 Å². The standard InChI is InChI=1S/C9H14OS/c1-2-3-4-5-8-6-9(10)11-7-8/h6-7,10H,2-5H2,1H3. The number of aromatic hydroxyl groups is 1. The van der Waals surface area contributed by atoms with Crippen molar-refractivity contribution in [1.29, 1.82) is 0 Å². The summed E-state index contributed by atoms with van der Waals surface area (Å²) in [7, 11) is 0. The molecule has 1 aromatic heterocycles. The lowest BCUT2D eigenvalue weighted by molar-refractivity contribution is 0.490. The highest BCUT2D eigenvalue weighted by Crippen LogP contribution is 2.22. The van der Waals surface area contributed by atoms with Crippen molar-refractivity contribution in [2.75, 3.05) is 0 Å². The van der Waals surface area contributed by atoms with Gasteiger partial charge in [-0.1, -0.05) is 19.8 Å². The van der Waals surface area contributed by atoms with E-state index in [0.29, 0.717) is 5.06 Å². The summed E-state index contributed by atoms with van der Waals surface area (Å²) in [4.78, 5) is 0. The first-order chi connectivity index (χ1) is 5.33. The Morgan fingerprint density at radius 2 is 2.27 bits per heavy atom. The summed E-state index contributed by atoms with van der Waals surface area (Å²) in [6.07, 6.45) is 4.91. The monoisotopic (exact) mass is 170 g/mol. The molecule has 0 aliphatic heterocycles. The quantitative estimate of drug-likeness (QED) is 0.688. The number of thiophene rings is 1. The SMILES string of the molecule is CCCCCc1csc(O)c1. The maximum absolute atomic E-state index is 9.03. The van der Waals surface area contributed by atoms with Crippen molar-refractivity contribution in [3.8, 4) is 5.06 Å². The molecule has 0 spiro atoms. The van der Waals surface area contributed by atoms with Gasteiger partial charge in [-0.25, -0.2) is 0 Å². The van der Waals surface area contributed by atoms with Crippen molar-refractivity contribution in [1.82, 2.24) is 0 Å². The third kappa shape index (κ3) is 2.93. The summed E-state index contributed by atoms with van der Waals surface area (Å²) < 4.78 is 0. The second kappa shape index (κ2) is 4.39. The second-order valence-electron chi connectivity index (χ2n) is 2.75. The summed E-state index contributed by atoms with van der Waals surface area (Å²) in [5, 5.41) is 11.5. The molecule has 62 valence electrons. The molecule has 0 aliphatic carbocycles. The Kier molecular flexibility index (Phi) is 3.43. The summed E-state index contributed by atoms with van der Waals surface area (Å²) in [6, 6.07) is 1.86. The Morgan fingerprint density at radius 3 is 2.82 bits per heavy atom. The molecule has 1 aromatic rings. The van der Waals surface area contributed by atoms with Crippen LogP contribution in [0.25, 0.3) is 0 Å². The maximum atomic E-state index is 9.03. The Hall–Kier alpha value is -0.500. The van der Waals surface area contributed by atoms with E-state index in [2.05, 4.69) is 6.92 Å². The molecule has 0 atom stereocenters. The molecule has 1 rings (SSSR count). The molecule has 0 saturated carbocycles. The molecule has 0 aromatic carbocycles. The Morgan fingerprint density at radius 1 is 1.45 bits per heavy atom. The van der Waals surface area contributed by atoms with Crippen LogP contribution in [0.2, 0.25) is 0 Å². The zero-order chi connectivity index (χ0) is 8.10. The van der Waals surface area contributed by atoms with Gasteiger partial charge in [0.05, 0.1) is 0 Å². The van der Waals surface area contributed by atoms with Gasteiger partial charge in [-0.2, -0.15) is 0 Å². The van der Waals surface area contributed by atoms with E-state index < -0.39 is 0 Å². The van der Waals surface area contributed by atoms with E-state index in [1.54, 1.807) is 0 Å². The topological polar surface area (TPSA) is 20.2 Å². The first-order valence-corrected chi connectivity index (χ1v) is 4.97. The minimum Gasteiger partial charge on any atom is -0.499 e. The summed E-state index contributed by atoms with van der Waals surface area (Å²) >= 11 is 1.42. The number of hydrogen-bond donors (Lipinski definition) is 1. The minimum absolute atomic E-state index is 0.441. The van der Waals surface area contributed by atoms with Crippen molar-refractivity contribution < 1.29 is 5.11 Å². The summed E-state index contributed by atoms with van der Waals surface area (Å²) in [6.45, 7) is 2.20. The molecule has 0 radical (unpaired) electrons. The van der Waals surface area contributed by atoms with Gasteiger partial charge in [0.1, 0.15) is 0 Å². The first-order valence-electron chi connectivity index (χ1n) is 4.09. The van der Waals surface area contributed by atoms with E-state index in [9.17, 15) is 0 Å². The van der Waals surface area contributed by atoms with Crippen LogP contribution in [0.5, 0.6) is 5.06 Å². The smallest absolute Gasteiger partial charge is 0.171 e. The second-order valence-corrected chi connectivity index (χ2v) is 3.64. The molecular weight excluding hydrogens is 156 g/mol. The van der Waals surface area contributed by atoms with Gasteiger partial charge < -0.3 is 5.11 Å². The molecule has 0 aliphatic rings. The van der Waals surface area contributed by atoms with Crippen molar-refractivity contribution in [2.45, 2.75) is 32.6 Å². The molecule has 1 heterocycles. The molecule has 0 amide bonds. The normalized spacial score (nSPS) is 10.3.